The molecular weight excluding hydrogens is 390 g/mol. The number of nitrogens with zero attached hydrogens (tertiary/aromatic N) is 1. The van der Waals surface area contributed by atoms with Gasteiger partial charge in [-0.15, -0.1) is 0 Å². The number of aromatic nitrogens is 1. The molecule has 0 aliphatic carbocycles. The van der Waals surface area contributed by atoms with E-state index in [9.17, 15) is 4.79 Å². The number of carbonyl (C=O) groups is 1. The molecule has 5 nitrogen and oxygen atoms in total. The first-order chi connectivity index (χ1) is 14.9. The second-order valence-electron chi connectivity index (χ2n) is 8.18. The van der Waals surface area contributed by atoms with Gasteiger partial charge in [-0.1, -0.05) is 48.5 Å². The molecule has 0 spiro atoms. The summed E-state index contributed by atoms with van der Waals surface area (Å²) in [6, 6.07) is 25.0. The Hall–Kier alpha value is -3.73. The predicted octanol–water partition coefficient (Wildman–Crippen LogP) is 6.80. The second-order valence-corrected chi connectivity index (χ2v) is 8.18. The van der Waals surface area contributed by atoms with Gasteiger partial charge >= 0.3 is 6.09 Å². The van der Waals surface area contributed by atoms with Crippen molar-refractivity contribution in [3.8, 4) is 17.2 Å². The van der Waals surface area contributed by atoms with E-state index >= 15 is 0 Å². The summed E-state index contributed by atoms with van der Waals surface area (Å²) in [7, 11) is 0. The van der Waals surface area contributed by atoms with Gasteiger partial charge in [0.1, 0.15) is 18.0 Å². The Morgan fingerprint density at radius 2 is 1.48 bits per heavy atom. The molecule has 4 aromatic rings. The third-order valence-corrected chi connectivity index (χ3v) is 4.59. The molecule has 1 aromatic heterocycles. The summed E-state index contributed by atoms with van der Waals surface area (Å²) in [5.41, 5.74) is 1.22. The van der Waals surface area contributed by atoms with Crippen LogP contribution in [0.25, 0.3) is 10.9 Å². The van der Waals surface area contributed by atoms with E-state index in [1.165, 1.54) is 4.57 Å². The molecule has 5 heteroatoms. The van der Waals surface area contributed by atoms with Gasteiger partial charge in [0, 0.05) is 11.6 Å². The molecule has 0 unspecified atom stereocenters. The molecule has 0 fully saturated rings. The van der Waals surface area contributed by atoms with Crippen LogP contribution < -0.4 is 9.47 Å². The quantitative estimate of drug-likeness (QED) is 0.360. The standard InChI is InChI=1S/C26H25NO4/c1-26(2,3)31-25(28)27-17-16-20-21(27)12-9-15-22(20)30-24-14-8-7-13-23(24)29-18-19-10-5-4-6-11-19/h4-17H,18H2,1-3H3. The van der Waals surface area contributed by atoms with Gasteiger partial charge in [-0.25, -0.2) is 4.79 Å². The van der Waals surface area contributed by atoms with Crippen LogP contribution in [-0.4, -0.2) is 16.3 Å². The summed E-state index contributed by atoms with van der Waals surface area (Å²) in [5, 5.41) is 0.811. The Bertz CT molecular complexity index is 1190. The molecule has 1 heterocycles. The second kappa shape index (κ2) is 8.56. The van der Waals surface area contributed by atoms with Crippen LogP contribution in [0.5, 0.6) is 17.2 Å². The first-order valence-electron chi connectivity index (χ1n) is 10.2. The summed E-state index contributed by atoms with van der Waals surface area (Å²) in [4.78, 5) is 12.6. The number of hydrogen-bond donors (Lipinski definition) is 0. The lowest BCUT2D eigenvalue weighted by Crippen LogP contribution is -2.26. The van der Waals surface area contributed by atoms with Crippen LogP contribution in [0.4, 0.5) is 4.79 Å². The van der Waals surface area contributed by atoms with E-state index in [4.69, 9.17) is 14.2 Å². The number of benzene rings is 3. The van der Waals surface area contributed by atoms with Crippen molar-refractivity contribution in [3.63, 3.8) is 0 Å². The van der Waals surface area contributed by atoms with Crippen molar-refractivity contribution >= 4 is 17.0 Å². The molecule has 0 N–H and O–H groups in total. The minimum absolute atomic E-state index is 0.425. The molecule has 0 aliphatic heterocycles. The van der Waals surface area contributed by atoms with Crippen molar-refractivity contribution in [2.24, 2.45) is 0 Å². The summed E-state index contributed by atoms with van der Waals surface area (Å²) < 4.78 is 19.2. The third kappa shape index (κ3) is 4.89. The van der Waals surface area contributed by atoms with Gasteiger partial charge in [0.05, 0.1) is 5.52 Å². The van der Waals surface area contributed by atoms with Gasteiger partial charge in [0.15, 0.2) is 11.5 Å². The lowest BCUT2D eigenvalue weighted by molar-refractivity contribution is 0.0544. The van der Waals surface area contributed by atoms with E-state index in [2.05, 4.69) is 0 Å². The van der Waals surface area contributed by atoms with Crippen LogP contribution in [0.2, 0.25) is 0 Å². The summed E-state index contributed by atoms with van der Waals surface area (Å²) in [6.45, 7) is 5.98. The van der Waals surface area contributed by atoms with Gasteiger partial charge < -0.3 is 14.2 Å². The molecule has 0 bridgehead atoms. The van der Waals surface area contributed by atoms with E-state index in [1.54, 1.807) is 6.20 Å². The highest BCUT2D eigenvalue weighted by Crippen LogP contribution is 2.36. The van der Waals surface area contributed by atoms with Crippen LogP contribution in [0.15, 0.2) is 85.1 Å². The van der Waals surface area contributed by atoms with Crippen molar-refractivity contribution in [3.05, 3.63) is 90.6 Å². The van der Waals surface area contributed by atoms with E-state index < -0.39 is 11.7 Å². The molecule has 4 rings (SSSR count). The van der Waals surface area contributed by atoms with E-state index in [1.807, 2.05) is 99.6 Å². The molecule has 31 heavy (non-hydrogen) atoms. The number of rotatable bonds is 5. The number of carbonyl (C=O) groups excluding carboxylic acids is 1. The number of para-hydroxylation sites is 2. The van der Waals surface area contributed by atoms with E-state index in [0.717, 1.165) is 16.5 Å². The van der Waals surface area contributed by atoms with Crippen LogP contribution in [0, 0.1) is 0 Å². The average molecular weight is 415 g/mol. The van der Waals surface area contributed by atoms with Crippen molar-refractivity contribution in [2.75, 3.05) is 0 Å². The van der Waals surface area contributed by atoms with Crippen molar-refractivity contribution in [1.29, 1.82) is 0 Å². The smallest absolute Gasteiger partial charge is 0.418 e. The van der Waals surface area contributed by atoms with Gasteiger partial charge in [-0.3, -0.25) is 4.57 Å². The van der Waals surface area contributed by atoms with Crippen LogP contribution in [0.1, 0.15) is 26.3 Å². The first-order valence-corrected chi connectivity index (χ1v) is 10.2. The van der Waals surface area contributed by atoms with Gasteiger partial charge in [0.2, 0.25) is 0 Å². The molecule has 0 radical (unpaired) electrons. The monoisotopic (exact) mass is 415 g/mol. The SMILES string of the molecule is CC(C)(C)OC(=O)n1ccc2c(Oc3ccccc3OCc3ccccc3)cccc21. The Labute approximate surface area is 181 Å². The van der Waals surface area contributed by atoms with E-state index in [-0.39, 0.29) is 0 Å². The predicted molar refractivity (Wildman–Crippen MR) is 121 cm³/mol. The zero-order valence-electron chi connectivity index (χ0n) is 17.9. The molecule has 0 atom stereocenters. The topological polar surface area (TPSA) is 49.7 Å². The fourth-order valence-corrected chi connectivity index (χ4v) is 3.21. The number of hydrogen-bond acceptors (Lipinski definition) is 4. The molecule has 0 saturated carbocycles. The highest BCUT2D eigenvalue weighted by atomic mass is 16.6. The Morgan fingerprint density at radius 3 is 2.23 bits per heavy atom. The van der Waals surface area contributed by atoms with Crippen LogP contribution >= 0.6 is 0 Å². The minimum Gasteiger partial charge on any atom is -0.485 e. The molecule has 158 valence electrons. The van der Waals surface area contributed by atoms with Crippen molar-refractivity contribution < 1.29 is 19.0 Å². The molecule has 0 amide bonds. The van der Waals surface area contributed by atoms with Crippen molar-refractivity contribution in [1.82, 2.24) is 4.57 Å². The Kier molecular flexibility index (Phi) is 5.67. The molecule has 0 aliphatic rings. The van der Waals surface area contributed by atoms with Crippen molar-refractivity contribution in [2.45, 2.75) is 33.0 Å². The first kappa shape index (κ1) is 20.5. The molecule has 3 aromatic carbocycles. The lowest BCUT2D eigenvalue weighted by atomic mass is 10.2. The summed E-state index contributed by atoms with van der Waals surface area (Å²) in [5.74, 6) is 1.89. The summed E-state index contributed by atoms with van der Waals surface area (Å²) in [6.07, 6.45) is 1.27. The maximum Gasteiger partial charge on any atom is 0.418 e. The van der Waals surface area contributed by atoms with E-state index in [0.29, 0.717) is 23.9 Å². The molecule has 0 saturated heterocycles. The summed E-state index contributed by atoms with van der Waals surface area (Å²) >= 11 is 0. The minimum atomic E-state index is -0.573. The fraction of sp³-hybridized carbons (Fsp3) is 0.192. The van der Waals surface area contributed by atoms with Gasteiger partial charge in [0.25, 0.3) is 0 Å². The highest BCUT2D eigenvalue weighted by Gasteiger charge is 2.20. The van der Waals surface area contributed by atoms with Crippen LogP contribution in [0.3, 0.4) is 0 Å². The average Bonchev–Trinajstić information content (AvgIpc) is 3.18. The van der Waals surface area contributed by atoms with Gasteiger partial charge in [-0.05, 0) is 56.7 Å². The largest absolute Gasteiger partial charge is 0.485 e. The lowest BCUT2D eigenvalue weighted by Gasteiger charge is -2.19. The number of ether oxygens (including phenoxy) is 3. The van der Waals surface area contributed by atoms with Crippen LogP contribution in [-0.2, 0) is 11.3 Å². The zero-order chi connectivity index (χ0) is 21.8. The third-order valence-electron chi connectivity index (χ3n) is 4.59. The fourth-order valence-electron chi connectivity index (χ4n) is 3.21. The Balaban J connectivity index is 1.59. The molecular formula is C26H25NO4. The Morgan fingerprint density at radius 1 is 0.806 bits per heavy atom. The zero-order valence-corrected chi connectivity index (χ0v) is 17.9. The van der Waals surface area contributed by atoms with Gasteiger partial charge in [-0.2, -0.15) is 0 Å². The highest BCUT2D eigenvalue weighted by molar-refractivity contribution is 5.93. The normalized spacial score (nSPS) is 11.3. The maximum absolute atomic E-state index is 12.6. The maximum atomic E-state index is 12.6. The number of fused-ring (bicyclic) bond motifs is 1.